The molecule has 5 heteroatoms. The molecule has 9 aromatic rings. The average molecular weight is 1070 g/mol. The number of fused-ring (bicyclic) bond motifs is 7. The molecule has 0 bridgehead atoms. The smallest absolute Gasteiger partial charge is 0.252 e. The third-order valence-corrected chi connectivity index (χ3v) is 24.5. The van der Waals surface area contributed by atoms with Crippen LogP contribution in [0.4, 0.5) is 45.5 Å². The minimum Gasteiger partial charge on any atom is -0.334 e. The molecule has 13 rings (SSSR count). The number of aryl methyl sites for hydroxylation is 2. The van der Waals surface area contributed by atoms with E-state index in [2.05, 4.69) is 305 Å². The molecule has 9 aromatic carbocycles. The summed E-state index contributed by atoms with van der Waals surface area (Å²) in [5.74, 6) is 0. The van der Waals surface area contributed by atoms with E-state index in [9.17, 15) is 0 Å². The first-order valence-corrected chi connectivity index (χ1v) is 32.0. The molecule has 406 valence electrons. The Morgan fingerprint density at radius 1 is 0.407 bits per heavy atom. The van der Waals surface area contributed by atoms with Gasteiger partial charge >= 0.3 is 0 Å². The van der Waals surface area contributed by atoms with E-state index < -0.39 is 8.07 Å². The maximum absolute atomic E-state index is 2.82. The summed E-state index contributed by atoms with van der Waals surface area (Å²) < 4.78 is 0. The number of hydrogen-bond acceptors (Lipinski definition) is 3. The van der Waals surface area contributed by atoms with E-state index in [0.717, 1.165) is 12.8 Å². The van der Waals surface area contributed by atoms with E-state index in [1.807, 2.05) is 0 Å². The Morgan fingerprint density at radius 2 is 0.914 bits per heavy atom. The van der Waals surface area contributed by atoms with E-state index in [0.29, 0.717) is 0 Å². The van der Waals surface area contributed by atoms with Crippen LogP contribution in [-0.4, -0.2) is 20.3 Å². The molecule has 2 unspecified atom stereocenters. The second-order valence-corrected chi connectivity index (χ2v) is 31.7. The lowest BCUT2D eigenvalue weighted by atomic mass is 9.33. The van der Waals surface area contributed by atoms with Crippen LogP contribution in [0.25, 0.3) is 0 Å². The average Bonchev–Trinajstić information content (AvgIpc) is 2.37. The first kappa shape index (κ1) is 53.0. The van der Waals surface area contributed by atoms with Gasteiger partial charge < -0.3 is 14.7 Å². The summed E-state index contributed by atoms with van der Waals surface area (Å²) in [7, 11) is -2.80. The van der Waals surface area contributed by atoms with Crippen molar-refractivity contribution in [1.82, 2.24) is 0 Å². The van der Waals surface area contributed by atoms with Crippen molar-refractivity contribution in [2.24, 2.45) is 0 Å². The van der Waals surface area contributed by atoms with Crippen LogP contribution in [0.5, 0.6) is 0 Å². The van der Waals surface area contributed by atoms with Crippen molar-refractivity contribution in [2.45, 2.75) is 143 Å². The van der Waals surface area contributed by atoms with Gasteiger partial charge in [-0.15, -0.1) is 0 Å². The normalized spacial score (nSPS) is 18.5. The lowest BCUT2D eigenvalue weighted by Gasteiger charge is -2.51. The van der Waals surface area contributed by atoms with Gasteiger partial charge in [0.05, 0.1) is 5.54 Å². The fraction of sp³-hybridized carbons (Fsp3) is 0.289. The molecule has 81 heavy (non-hydrogen) atoms. The van der Waals surface area contributed by atoms with Crippen molar-refractivity contribution in [3.63, 3.8) is 0 Å². The Morgan fingerprint density at radius 3 is 1.48 bits per heavy atom. The predicted octanol–water partition coefficient (Wildman–Crippen LogP) is 15.4. The third-order valence-electron chi connectivity index (χ3n) is 19.8. The summed E-state index contributed by atoms with van der Waals surface area (Å²) in [6.07, 6.45) is 4.68. The van der Waals surface area contributed by atoms with E-state index in [1.54, 1.807) is 0 Å². The Balaban J connectivity index is 1.06. The molecule has 0 radical (unpaired) electrons. The molecule has 1 saturated carbocycles. The Bertz CT molecular complexity index is 3810. The van der Waals surface area contributed by atoms with Gasteiger partial charge in [0.1, 0.15) is 0 Å². The van der Waals surface area contributed by atoms with Crippen LogP contribution in [0, 0.1) is 13.8 Å². The van der Waals surface area contributed by atoms with Gasteiger partial charge in [0.15, 0.2) is 8.07 Å². The van der Waals surface area contributed by atoms with Crippen LogP contribution in [0.1, 0.15) is 135 Å². The monoisotopic (exact) mass is 1070 g/mol. The summed E-state index contributed by atoms with van der Waals surface area (Å²) in [4.78, 5) is 8.07. The maximum atomic E-state index is 2.82. The van der Waals surface area contributed by atoms with E-state index >= 15 is 0 Å². The molecule has 2 atom stereocenters. The van der Waals surface area contributed by atoms with Gasteiger partial charge in [-0.1, -0.05) is 228 Å². The topological polar surface area (TPSA) is 9.72 Å². The maximum Gasteiger partial charge on any atom is 0.252 e. The second-order valence-electron chi connectivity index (χ2n) is 27.9. The quantitative estimate of drug-likeness (QED) is 0.116. The first-order chi connectivity index (χ1) is 38.6. The van der Waals surface area contributed by atoms with Gasteiger partial charge in [-0.3, -0.25) is 0 Å². The summed E-state index contributed by atoms with van der Waals surface area (Å²) in [6, 6.07) is 78.9. The minimum atomic E-state index is -2.80. The largest absolute Gasteiger partial charge is 0.334 e. The molecule has 4 aliphatic rings. The molecule has 3 heterocycles. The Hall–Kier alpha value is -7.34. The Kier molecular flexibility index (Phi) is 12.3. The summed E-state index contributed by atoms with van der Waals surface area (Å²) in [5.41, 5.74) is 21.9. The summed E-state index contributed by atoms with van der Waals surface area (Å²) in [6.45, 7) is 30.9. The molecule has 3 aliphatic heterocycles. The highest BCUT2D eigenvalue weighted by molar-refractivity contribution is 7.20. The number of anilines is 8. The van der Waals surface area contributed by atoms with Gasteiger partial charge in [0.25, 0.3) is 6.71 Å². The van der Waals surface area contributed by atoms with Gasteiger partial charge in [0.2, 0.25) is 0 Å². The van der Waals surface area contributed by atoms with Crippen LogP contribution in [0.15, 0.2) is 200 Å². The highest BCUT2D eigenvalue weighted by Crippen LogP contribution is 2.61. The van der Waals surface area contributed by atoms with Crippen LogP contribution in [-0.2, 0) is 21.7 Å². The van der Waals surface area contributed by atoms with Gasteiger partial charge in [-0.2, -0.15) is 0 Å². The first-order valence-electron chi connectivity index (χ1n) is 30.0. The molecule has 0 spiro atoms. The standard InChI is InChI=1S/C76H80BN3Si/c1-51-45-69-71-70(46-51)79(65-40-33-54(47-52(65)2)73(6,7)8)67-41-34-55(74(9,10)11)48-64(67)77(71)63-39-37-57(49-68(63)78(69)56-35-31-53(32-36-56)72(3,4)5)80-66-42-38-61(50-62(66)75(12)43-23-24-44-76(75,80)13)81(58-25-17-14-18-26-58,59-27-19-15-20-28-59)60-29-21-16-22-30-60/h14-22,25-42,45-50H,23-24,43-44H2,1-13H3. The lowest BCUT2D eigenvalue weighted by molar-refractivity contribution is 0.195. The summed E-state index contributed by atoms with van der Waals surface area (Å²) in [5, 5.41) is 5.67. The summed E-state index contributed by atoms with van der Waals surface area (Å²) >= 11 is 0. The van der Waals surface area contributed by atoms with Crippen molar-refractivity contribution >= 4 is 97.4 Å². The number of benzene rings is 9. The molecule has 0 amide bonds. The zero-order valence-corrected chi connectivity index (χ0v) is 51.3. The molecule has 3 nitrogen and oxygen atoms in total. The molecular weight excluding hydrogens is 994 g/mol. The van der Waals surface area contributed by atoms with Crippen molar-refractivity contribution in [1.29, 1.82) is 0 Å². The lowest BCUT2D eigenvalue weighted by Crippen LogP contribution is -2.74. The van der Waals surface area contributed by atoms with Crippen LogP contribution >= 0.6 is 0 Å². The highest BCUT2D eigenvalue weighted by atomic mass is 28.3. The van der Waals surface area contributed by atoms with Gasteiger partial charge in [-0.05, 0) is 175 Å². The second kappa shape index (κ2) is 18.9. The fourth-order valence-electron chi connectivity index (χ4n) is 15.2. The van der Waals surface area contributed by atoms with Crippen LogP contribution in [0.2, 0.25) is 0 Å². The molecule has 1 fully saturated rings. The van der Waals surface area contributed by atoms with Crippen molar-refractivity contribution < 1.29 is 0 Å². The van der Waals surface area contributed by atoms with Crippen molar-refractivity contribution in [3.8, 4) is 0 Å². The molecule has 0 N–H and O–H groups in total. The van der Waals surface area contributed by atoms with Crippen molar-refractivity contribution in [2.75, 3.05) is 14.7 Å². The van der Waals surface area contributed by atoms with Crippen molar-refractivity contribution in [3.05, 3.63) is 234 Å². The number of nitrogens with zero attached hydrogens (tertiary/aromatic N) is 3. The molecule has 0 aromatic heterocycles. The zero-order chi connectivity index (χ0) is 56.6. The zero-order valence-electron chi connectivity index (χ0n) is 50.3. The van der Waals surface area contributed by atoms with Gasteiger partial charge in [-0.25, -0.2) is 0 Å². The minimum absolute atomic E-state index is 0.00319. The van der Waals surface area contributed by atoms with E-state index in [1.165, 1.54) is 129 Å². The predicted molar refractivity (Wildman–Crippen MR) is 352 cm³/mol. The van der Waals surface area contributed by atoms with E-state index in [-0.39, 0.29) is 33.9 Å². The SMILES string of the molecule is Cc1cc2c3c(c1)N(c1ccc(C(C)(C)C)cc1C)c1ccc(C(C)(C)C)cc1B3c1ccc(N3c4ccc([Si](c5ccccc5)(c5ccccc5)c5ccccc5)cc4C4(C)CCCCC34C)cc1N2c1ccc(C(C)(C)C)cc1. The van der Waals surface area contributed by atoms with Crippen LogP contribution < -0.4 is 51.8 Å². The van der Waals surface area contributed by atoms with Gasteiger partial charge in [0, 0.05) is 50.9 Å². The van der Waals surface area contributed by atoms with E-state index in [4.69, 9.17) is 0 Å². The number of hydrogen-bond donors (Lipinski definition) is 0. The highest BCUT2D eigenvalue weighted by Gasteiger charge is 2.59. The fourth-order valence-corrected chi connectivity index (χ4v) is 20.0. The molecular formula is C76H80BN3Si. The number of rotatable bonds is 7. The Labute approximate surface area is 485 Å². The van der Waals surface area contributed by atoms with Crippen LogP contribution in [0.3, 0.4) is 0 Å². The third kappa shape index (κ3) is 8.18. The molecule has 0 saturated heterocycles. The molecule has 1 aliphatic carbocycles.